The van der Waals surface area contributed by atoms with Crippen molar-refractivity contribution in [1.82, 2.24) is 5.32 Å². The number of benzene rings is 1. The van der Waals surface area contributed by atoms with E-state index in [1.54, 1.807) is 11.8 Å². The van der Waals surface area contributed by atoms with E-state index in [1.807, 2.05) is 18.2 Å². The molecule has 22 heavy (non-hydrogen) atoms. The summed E-state index contributed by atoms with van der Waals surface area (Å²) in [5.74, 6) is 0.119. The minimum Gasteiger partial charge on any atom is -0.326 e. The van der Waals surface area contributed by atoms with Crippen LogP contribution in [-0.2, 0) is 16.0 Å². The highest BCUT2D eigenvalue weighted by Crippen LogP contribution is 2.30. The Morgan fingerprint density at radius 1 is 1.41 bits per heavy atom. The van der Waals surface area contributed by atoms with Gasteiger partial charge in [-0.3, -0.25) is 9.59 Å². The Kier molecular flexibility index (Phi) is 5.42. The molecule has 6 heteroatoms. The van der Waals surface area contributed by atoms with Gasteiger partial charge in [-0.25, -0.2) is 0 Å². The highest BCUT2D eigenvalue weighted by atomic mass is 35.5. The lowest BCUT2D eigenvalue weighted by Gasteiger charge is -2.15. The molecule has 1 aromatic carbocycles. The molecule has 0 aromatic heterocycles. The predicted octanol–water partition coefficient (Wildman–Crippen LogP) is 2.10. The van der Waals surface area contributed by atoms with Crippen molar-refractivity contribution in [2.45, 2.75) is 38.6 Å². The molecule has 1 aromatic rings. The Hall–Kier alpha value is -1.59. The monoisotopic (exact) mass is 323 g/mol. The lowest BCUT2D eigenvalue weighted by atomic mass is 10.1. The number of halogens is 1. The number of nitrogens with one attached hydrogen (secondary N) is 2. The van der Waals surface area contributed by atoms with Crippen LogP contribution in [0.3, 0.4) is 0 Å². The lowest BCUT2D eigenvalue weighted by Crippen LogP contribution is -2.27. The molecule has 0 bridgehead atoms. The average molecular weight is 324 g/mol. The van der Waals surface area contributed by atoms with E-state index in [-0.39, 0.29) is 24.2 Å². The lowest BCUT2D eigenvalue weighted by molar-refractivity contribution is -0.117. The van der Waals surface area contributed by atoms with Crippen LogP contribution in [0.5, 0.6) is 0 Å². The van der Waals surface area contributed by atoms with E-state index in [2.05, 4.69) is 10.6 Å². The van der Waals surface area contributed by atoms with Crippen LogP contribution in [0.15, 0.2) is 18.2 Å². The number of carbonyl (C=O) groups excluding carboxylic acids is 2. The van der Waals surface area contributed by atoms with Crippen LogP contribution >= 0.6 is 12.4 Å². The second kappa shape index (κ2) is 7.11. The standard InChI is InChI=1S/C16H21N3O2.ClH/c1-11(20)19-8-6-12-9-14(4-5-15(12)19)18-16(21)10-13-3-2-7-17-13;/h4-5,9,13,17H,2-3,6-8,10H2,1H3,(H,18,21);1H. The molecular formula is C16H22ClN3O2. The van der Waals surface area contributed by atoms with E-state index < -0.39 is 0 Å². The zero-order valence-corrected chi connectivity index (χ0v) is 13.5. The normalized spacial score (nSPS) is 19.5. The molecular weight excluding hydrogens is 302 g/mol. The maximum absolute atomic E-state index is 12.0. The molecule has 3 rings (SSSR count). The summed E-state index contributed by atoms with van der Waals surface area (Å²) in [4.78, 5) is 25.3. The fourth-order valence-corrected chi connectivity index (χ4v) is 3.17. The third-order valence-corrected chi connectivity index (χ3v) is 4.23. The maximum atomic E-state index is 12.0. The summed E-state index contributed by atoms with van der Waals surface area (Å²) in [6.45, 7) is 3.32. The third kappa shape index (κ3) is 3.59. The topological polar surface area (TPSA) is 61.4 Å². The van der Waals surface area contributed by atoms with Crippen molar-refractivity contribution in [2.24, 2.45) is 0 Å². The summed E-state index contributed by atoms with van der Waals surface area (Å²) in [6.07, 6.45) is 3.60. The van der Waals surface area contributed by atoms with Gasteiger partial charge in [0.15, 0.2) is 0 Å². The number of anilines is 2. The average Bonchev–Trinajstić information content (AvgIpc) is 3.06. The molecule has 2 amide bonds. The molecule has 0 aliphatic carbocycles. The molecule has 0 spiro atoms. The number of nitrogens with zero attached hydrogens (tertiary/aromatic N) is 1. The Morgan fingerprint density at radius 2 is 2.23 bits per heavy atom. The van der Waals surface area contributed by atoms with Crippen molar-refractivity contribution in [1.29, 1.82) is 0 Å². The van der Waals surface area contributed by atoms with Gasteiger partial charge in [0.25, 0.3) is 0 Å². The molecule has 5 nitrogen and oxygen atoms in total. The molecule has 0 radical (unpaired) electrons. The van der Waals surface area contributed by atoms with Gasteiger partial charge < -0.3 is 15.5 Å². The first-order chi connectivity index (χ1) is 10.1. The van der Waals surface area contributed by atoms with E-state index in [0.29, 0.717) is 12.5 Å². The van der Waals surface area contributed by atoms with Gasteiger partial charge in [0.2, 0.25) is 11.8 Å². The zero-order valence-electron chi connectivity index (χ0n) is 12.7. The van der Waals surface area contributed by atoms with Crippen LogP contribution in [0.4, 0.5) is 11.4 Å². The van der Waals surface area contributed by atoms with Gasteiger partial charge in [0.1, 0.15) is 0 Å². The number of amides is 2. The summed E-state index contributed by atoms with van der Waals surface area (Å²) >= 11 is 0. The van der Waals surface area contributed by atoms with Crippen molar-refractivity contribution >= 4 is 35.6 Å². The van der Waals surface area contributed by atoms with Crippen molar-refractivity contribution < 1.29 is 9.59 Å². The first-order valence-corrected chi connectivity index (χ1v) is 7.58. The summed E-state index contributed by atoms with van der Waals surface area (Å²) in [6, 6.07) is 6.10. The van der Waals surface area contributed by atoms with Gasteiger partial charge in [0, 0.05) is 37.3 Å². The van der Waals surface area contributed by atoms with E-state index in [0.717, 1.165) is 49.3 Å². The smallest absolute Gasteiger partial charge is 0.225 e. The van der Waals surface area contributed by atoms with Crippen molar-refractivity contribution in [3.8, 4) is 0 Å². The fourth-order valence-electron chi connectivity index (χ4n) is 3.17. The SMILES string of the molecule is CC(=O)N1CCc2cc(NC(=O)CC3CCCN3)ccc21.Cl. The quantitative estimate of drug-likeness (QED) is 0.895. The van der Waals surface area contributed by atoms with E-state index >= 15 is 0 Å². The van der Waals surface area contributed by atoms with Gasteiger partial charge in [0.05, 0.1) is 0 Å². The number of carbonyl (C=O) groups is 2. The van der Waals surface area contributed by atoms with Crippen molar-refractivity contribution in [3.63, 3.8) is 0 Å². The molecule has 1 fully saturated rings. The molecule has 1 unspecified atom stereocenters. The Labute approximate surface area is 136 Å². The van der Waals surface area contributed by atoms with Crippen molar-refractivity contribution in [2.75, 3.05) is 23.3 Å². The zero-order chi connectivity index (χ0) is 14.8. The number of hydrogen-bond acceptors (Lipinski definition) is 3. The van der Waals surface area contributed by atoms with Crippen molar-refractivity contribution in [3.05, 3.63) is 23.8 Å². The molecule has 1 saturated heterocycles. The highest BCUT2D eigenvalue weighted by Gasteiger charge is 2.23. The highest BCUT2D eigenvalue weighted by molar-refractivity contribution is 5.95. The molecule has 2 N–H and O–H groups in total. The Morgan fingerprint density at radius 3 is 2.91 bits per heavy atom. The molecule has 1 atom stereocenters. The third-order valence-electron chi connectivity index (χ3n) is 4.23. The van der Waals surface area contributed by atoms with E-state index in [4.69, 9.17) is 0 Å². The number of rotatable bonds is 3. The number of fused-ring (bicyclic) bond motifs is 1. The maximum Gasteiger partial charge on any atom is 0.225 e. The fraction of sp³-hybridized carbons (Fsp3) is 0.500. The molecule has 2 aliphatic heterocycles. The minimum absolute atomic E-state index is 0. The van der Waals surface area contributed by atoms with Crippen LogP contribution in [0.1, 0.15) is 31.7 Å². The second-order valence-corrected chi connectivity index (χ2v) is 5.81. The van der Waals surface area contributed by atoms with Crippen LogP contribution in [-0.4, -0.2) is 30.9 Å². The van der Waals surface area contributed by atoms with Crippen LogP contribution < -0.4 is 15.5 Å². The number of hydrogen-bond donors (Lipinski definition) is 2. The van der Waals surface area contributed by atoms with Crippen LogP contribution in [0.2, 0.25) is 0 Å². The molecule has 120 valence electrons. The summed E-state index contributed by atoms with van der Waals surface area (Å²) in [5.41, 5.74) is 2.92. The first-order valence-electron chi connectivity index (χ1n) is 7.58. The minimum atomic E-state index is 0. The summed E-state index contributed by atoms with van der Waals surface area (Å²) in [7, 11) is 0. The van der Waals surface area contributed by atoms with Gasteiger partial charge in [-0.2, -0.15) is 0 Å². The molecule has 2 heterocycles. The Bertz CT molecular complexity index is 571. The van der Waals surface area contributed by atoms with Gasteiger partial charge in [-0.05, 0) is 49.6 Å². The largest absolute Gasteiger partial charge is 0.326 e. The summed E-state index contributed by atoms with van der Waals surface area (Å²) in [5, 5.41) is 6.29. The molecule has 0 saturated carbocycles. The van der Waals surface area contributed by atoms with Crippen LogP contribution in [0, 0.1) is 0 Å². The molecule has 2 aliphatic rings. The Balaban J connectivity index is 0.00000176. The van der Waals surface area contributed by atoms with E-state index in [9.17, 15) is 9.59 Å². The van der Waals surface area contributed by atoms with E-state index in [1.165, 1.54) is 0 Å². The second-order valence-electron chi connectivity index (χ2n) is 5.81. The van der Waals surface area contributed by atoms with Gasteiger partial charge in [-0.15, -0.1) is 12.4 Å². The van der Waals surface area contributed by atoms with Gasteiger partial charge >= 0.3 is 0 Å². The first kappa shape index (κ1) is 16.8. The summed E-state index contributed by atoms with van der Waals surface area (Å²) < 4.78 is 0. The van der Waals surface area contributed by atoms with Gasteiger partial charge in [-0.1, -0.05) is 0 Å². The van der Waals surface area contributed by atoms with Crippen LogP contribution in [0.25, 0.3) is 0 Å². The predicted molar refractivity (Wildman–Crippen MR) is 89.7 cm³/mol.